The lowest BCUT2D eigenvalue weighted by Gasteiger charge is -2.24. The van der Waals surface area contributed by atoms with Crippen molar-refractivity contribution in [2.75, 3.05) is 69.1 Å². The van der Waals surface area contributed by atoms with Crippen LogP contribution in [-0.2, 0) is 51.3 Å². The molecule has 446 valence electrons. The largest absolute Gasteiger partial charge is 0.491 e. The third kappa shape index (κ3) is 18.3. The van der Waals surface area contributed by atoms with Crippen LogP contribution in [0.2, 0.25) is 0 Å². The number of nitrogens with one attached hydrogen (secondary N) is 5. The average Bonchev–Trinajstić information content (AvgIpc) is 3.99. The van der Waals surface area contributed by atoms with Gasteiger partial charge in [0.25, 0.3) is 11.8 Å². The Morgan fingerprint density at radius 3 is 2.31 bits per heavy atom. The van der Waals surface area contributed by atoms with Crippen molar-refractivity contribution in [3.8, 4) is 17.6 Å². The Bertz CT molecular complexity index is 3480. The monoisotopic (exact) mass is 1200 g/mol. The van der Waals surface area contributed by atoms with Crippen LogP contribution in [0.3, 0.4) is 0 Å². The number of anilines is 5. The van der Waals surface area contributed by atoms with E-state index in [9.17, 15) is 43.5 Å². The molecule has 6 aromatic rings. The highest BCUT2D eigenvalue weighted by atomic mass is 32.1. The van der Waals surface area contributed by atoms with Gasteiger partial charge in [-0.25, -0.2) is 23.9 Å². The van der Waals surface area contributed by atoms with Crippen LogP contribution in [0.15, 0.2) is 84.9 Å². The van der Waals surface area contributed by atoms with Gasteiger partial charge in [0.2, 0.25) is 23.6 Å². The van der Waals surface area contributed by atoms with Crippen molar-refractivity contribution in [1.29, 1.82) is 0 Å². The molecule has 6 N–H and O–H groups in total. The van der Waals surface area contributed by atoms with Gasteiger partial charge < -0.3 is 55.7 Å². The number of fused-ring (bicyclic) bond motifs is 1. The van der Waals surface area contributed by atoms with E-state index in [1.165, 1.54) is 53.7 Å². The number of nitrogens with zero attached hydrogens (tertiary/aromatic N) is 7. The number of carboxylic acids is 1. The molecule has 0 fully saturated rings. The first-order chi connectivity index (χ1) is 40.7. The molecule has 2 unspecified atom stereocenters. The first-order valence-electron chi connectivity index (χ1n) is 26.8. The van der Waals surface area contributed by atoms with Crippen molar-refractivity contribution in [1.82, 2.24) is 45.9 Å². The molecule has 1 aliphatic rings. The fourth-order valence-electron chi connectivity index (χ4n) is 7.96. The number of carbonyl (C=O) groups excluding carboxylic acids is 7. The van der Waals surface area contributed by atoms with Gasteiger partial charge in [0.1, 0.15) is 18.7 Å². The Labute approximate surface area is 496 Å². The van der Waals surface area contributed by atoms with Gasteiger partial charge in [-0.1, -0.05) is 61.3 Å². The number of aryl methyl sites for hydroxylation is 2. The molecule has 85 heavy (non-hydrogen) atoms. The summed E-state index contributed by atoms with van der Waals surface area (Å²) in [4.78, 5) is 112. The zero-order valence-electron chi connectivity index (χ0n) is 47.4. The van der Waals surface area contributed by atoms with E-state index < -0.39 is 59.5 Å². The number of thiazole rings is 2. The highest BCUT2D eigenvalue weighted by Gasteiger charge is 2.28. The molecule has 0 bridgehead atoms. The van der Waals surface area contributed by atoms with Crippen molar-refractivity contribution < 1.29 is 62.1 Å². The number of aromatic nitrogens is 4. The second kappa shape index (κ2) is 30.2. The highest BCUT2D eigenvalue weighted by Crippen LogP contribution is 2.33. The van der Waals surface area contributed by atoms with Crippen molar-refractivity contribution in [2.45, 2.75) is 72.1 Å². The number of carbonyl (C=O) groups is 8. The number of hydrogen-bond acceptors (Lipinski definition) is 19. The van der Waals surface area contributed by atoms with Gasteiger partial charge in [-0.2, -0.15) is 0 Å². The van der Waals surface area contributed by atoms with Gasteiger partial charge in [-0.3, -0.25) is 33.7 Å². The fraction of sp³-hybridized carbons (Fsp3) is 0.345. The number of hydrogen-bond donors (Lipinski definition) is 6. The van der Waals surface area contributed by atoms with Crippen LogP contribution in [-0.4, -0.2) is 148 Å². The summed E-state index contributed by atoms with van der Waals surface area (Å²) in [6, 6.07) is 18.4. The van der Waals surface area contributed by atoms with Crippen LogP contribution < -0.4 is 36.2 Å². The predicted octanol–water partition coefficient (Wildman–Crippen LogP) is 6.25. The van der Waals surface area contributed by atoms with Gasteiger partial charge in [-0.05, 0) is 92.3 Å². The van der Waals surface area contributed by atoms with E-state index in [2.05, 4.69) is 58.6 Å². The lowest BCUT2D eigenvalue weighted by Crippen LogP contribution is -2.53. The number of benzene rings is 3. The van der Waals surface area contributed by atoms with E-state index in [1.807, 2.05) is 37.3 Å². The Morgan fingerprint density at radius 2 is 1.60 bits per heavy atom. The van der Waals surface area contributed by atoms with E-state index in [4.69, 9.17) is 14.2 Å². The van der Waals surface area contributed by atoms with Gasteiger partial charge in [0, 0.05) is 68.3 Å². The smallest absolute Gasteiger partial charge is 0.410 e. The van der Waals surface area contributed by atoms with Gasteiger partial charge >= 0.3 is 12.1 Å². The second-order valence-corrected chi connectivity index (χ2v) is 21.7. The quantitative estimate of drug-likeness (QED) is 0.0180. The third-order valence-electron chi connectivity index (χ3n) is 12.7. The number of rotatable bonds is 28. The second-order valence-electron chi connectivity index (χ2n) is 19.6. The molecule has 24 nitrogen and oxygen atoms in total. The first kappa shape index (κ1) is 63.2. The number of aromatic carboxylic acids is 1. The van der Waals surface area contributed by atoms with Crippen molar-refractivity contribution in [3.05, 3.63) is 118 Å². The van der Waals surface area contributed by atoms with Gasteiger partial charge in [0.05, 0.1) is 36.6 Å². The number of para-hydroxylation sites is 1. The van der Waals surface area contributed by atoms with Crippen LogP contribution in [0, 0.1) is 30.5 Å². The summed E-state index contributed by atoms with van der Waals surface area (Å²) in [5.41, 5.74) is 2.94. The first-order valence-corrected chi connectivity index (χ1v) is 28.5. The van der Waals surface area contributed by atoms with Crippen LogP contribution in [0.1, 0.15) is 72.1 Å². The maximum absolute atomic E-state index is 15.1. The Kier molecular flexibility index (Phi) is 22.5. The Balaban J connectivity index is 0.768. The van der Waals surface area contributed by atoms with Crippen LogP contribution in [0.25, 0.3) is 10.2 Å². The number of carboxylic acid groups (broad SMARTS) is 1. The van der Waals surface area contributed by atoms with E-state index in [-0.39, 0.29) is 82.2 Å². The lowest BCUT2D eigenvalue weighted by atomic mass is 10.0. The minimum absolute atomic E-state index is 0.00812. The van der Waals surface area contributed by atoms with Crippen molar-refractivity contribution in [2.24, 2.45) is 5.92 Å². The minimum Gasteiger partial charge on any atom is -0.491 e. The van der Waals surface area contributed by atoms with Gasteiger partial charge in [-0.15, -0.1) is 21.5 Å². The molecule has 7 rings (SSSR count). The fourth-order valence-corrected chi connectivity index (χ4v) is 9.89. The van der Waals surface area contributed by atoms with Crippen LogP contribution in [0.4, 0.5) is 36.8 Å². The summed E-state index contributed by atoms with van der Waals surface area (Å²) in [6.45, 7) is 7.03. The molecule has 0 saturated heterocycles. The number of imide groups is 1. The molecule has 1 aliphatic heterocycles. The van der Waals surface area contributed by atoms with E-state index in [1.54, 1.807) is 56.1 Å². The number of amides is 7. The molecule has 27 heteroatoms. The summed E-state index contributed by atoms with van der Waals surface area (Å²) in [5, 5.41) is 33.6. The maximum Gasteiger partial charge on any atom is 0.410 e. The van der Waals surface area contributed by atoms with E-state index >= 15 is 4.39 Å². The molecule has 0 spiro atoms. The SMILES string of the molecule is Cc1cc(N(C)c2nc(C(=O)O)c(CCCOc3ccc(C#CCN(C)C(=O)OCc4ccc(NC(=O)C(C)NC(=O)C(NC(=O)CCOCCNC(=O)CCN5C(=O)C=CC5=O)C(C)C)cc4)cc3F)s2)nnc1Nc1nc2ccccc2s1. The van der Waals surface area contributed by atoms with Crippen molar-refractivity contribution in [3.63, 3.8) is 0 Å². The molecule has 7 amide bonds. The number of ether oxygens (including phenoxy) is 3. The summed E-state index contributed by atoms with van der Waals surface area (Å²) in [6.07, 6.45) is 2.15. The topological polar surface area (TPSA) is 306 Å². The molecule has 0 saturated carbocycles. The highest BCUT2D eigenvalue weighted by molar-refractivity contribution is 7.22. The molecule has 4 heterocycles. The summed E-state index contributed by atoms with van der Waals surface area (Å²) in [5.74, 6) is 1.62. The lowest BCUT2D eigenvalue weighted by molar-refractivity contribution is -0.137. The molecule has 0 aliphatic carbocycles. The summed E-state index contributed by atoms with van der Waals surface area (Å²) in [7, 11) is 3.22. The maximum atomic E-state index is 15.1. The van der Waals surface area contributed by atoms with Crippen LogP contribution >= 0.6 is 22.7 Å². The van der Waals surface area contributed by atoms with E-state index in [0.717, 1.165) is 32.8 Å². The number of halogens is 1. The minimum atomic E-state index is -1.18. The van der Waals surface area contributed by atoms with Crippen molar-refractivity contribution >= 4 is 108 Å². The molecular weight excluding hydrogens is 1140 g/mol. The average molecular weight is 1200 g/mol. The molecule has 0 radical (unpaired) electrons. The van der Waals surface area contributed by atoms with Gasteiger partial charge in [0.15, 0.2) is 39.2 Å². The Morgan fingerprint density at radius 1 is 0.847 bits per heavy atom. The summed E-state index contributed by atoms with van der Waals surface area (Å²) >= 11 is 2.70. The molecular formula is C58H63FN12O12S2. The Hall–Kier alpha value is -9.39. The standard InChI is InChI=1S/C58H63FN12O12S2/c1-34(2)50(64-47(73)24-29-81-30-25-60-46(72)23-27-71-48(74)21-22-49(71)75)54(77)61-36(4)53(76)62-39-18-15-38(16-19-39)33-83-58(80)69(5)26-9-11-37-17-20-42(40(59)32-37)82-28-10-14-44-51(55(78)79)65-57(85-44)70(6)45-31-35(3)52(68-67-45)66-56-63-41-12-7-8-13-43(41)84-56/h7-8,12-13,15-22,31-32,34,36,50H,10,14,23-30,33H2,1-6H3,(H,60,72)(H,61,77)(H,62,76)(H,64,73)(H,78,79)(H,63,66,68). The summed E-state index contributed by atoms with van der Waals surface area (Å²) < 4.78 is 32.7. The predicted molar refractivity (Wildman–Crippen MR) is 315 cm³/mol. The molecule has 3 aromatic carbocycles. The normalized spacial score (nSPS) is 12.5. The van der Waals surface area contributed by atoms with E-state index in [0.29, 0.717) is 56.4 Å². The zero-order chi connectivity index (χ0) is 61.2. The molecule has 3 aromatic heterocycles. The third-order valence-corrected chi connectivity index (χ3v) is 14.9. The molecule has 2 atom stereocenters. The zero-order valence-corrected chi connectivity index (χ0v) is 49.0. The van der Waals surface area contributed by atoms with Crippen LogP contribution in [0.5, 0.6) is 5.75 Å².